The fourth-order valence-electron chi connectivity index (χ4n) is 2.22. The predicted molar refractivity (Wildman–Crippen MR) is 94.9 cm³/mol. The highest BCUT2D eigenvalue weighted by Gasteiger charge is 2.20. The average Bonchev–Trinajstić information content (AvgIpc) is 2.66. The van der Waals surface area contributed by atoms with Crippen molar-refractivity contribution in [3.63, 3.8) is 0 Å². The van der Waals surface area contributed by atoms with E-state index in [0.29, 0.717) is 23.9 Å². The molecular formula is C19H21NO6. The predicted octanol–water partition coefficient (Wildman–Crippen LogP) is 2.49. The topological polar surface area (TPSA) is 94.1 Å². The number of hydrogen-bond donors (Lipinski definition) is 2. The normalized spacial score (nSPS) is 11.3. The quantitative estimate of drug-likeness (QED) is 0.752. The van der Waals surface area contributed by atoms with Crippen LogP contribution in [0.25, 0.3) is 0 Å². The Morgan fingerprint density at radius 3 is 2.15 bits per heavy atom. The van der Waals surface area contributed by atoms with Gasteiger partial charge in [0.2, 0.25) is 5.75 Å². The highest BCUT2D eigenvalue weighted by molar-refractivity contribution is 5.97. The van der Waals surface area contributed by atoms with E-state index in [0.717, 1.165) is 5.56 Å². The number of methoxy groups -OCH3 is 2. The number of amides is 1. The highest BCUT2D eigenvalue weighted by Crippen LogP contribution is 2.39. The van der Waals surface area contributed by atoms with Crippen LogP contribution in [0.15, 0.2) is 42.5 Å². The number of aliphatic carboxylic acids is 1. The van der Waals surface area contributed by atoms with E-state index >= 15 is 0 Å². The third-order valence-electron chi connectivity index (χ3n) is 3.67. The van der Waals surface area contributed by atoms with Crippen molar-refractivity contribution in [3.05, 3.63) is 53.6 Å². The number of ether oxygens (including phenoxy) is 3. The van der Waals surface area contributed by atoms with Gasteiger partial charge in [-0.05, 0) is 24.6 Å². The number of nitrogens with one attached hydrogen (secondary N) is 1. The van der Waals surface area contributed by atoms with Gasteiger partial charge in [0, 0.05) is 5.56 Å². The zero-order valence-electron chi connectivity index (χ0n) is 14.8. The van der Waals surface area contributed by atoms with Gasteiger partial charge in [-0.2, -0.15) is 0 Å². The lowest BCUT2D eigenvalue weighted by atomic mass is 10.1. The molecule has 1 amide bonds. The second-order valence-electron chi connectivity index (χ2n) is 5.52. The summed E-state index contributed by atoms with van der Waals surface area (Å²) in [7, 11) is 2.90. The van der Waals surface area contributed by atoms with Crippen LogP contribution in [-0.2, 0) is 11.4 Å². The Balaban J connectivity index is 2.26. The number of benzene rings is 2. The SMILES string of the molecule is COc1cc(C(=O)N[C@@H](C)C(=O)O)cc(OC)c1OCc1ccccc1. The maximum Gasteiger partial charge on any atom is 0.325 e. The summed E-state index contributed by atoms with van der Waals surface area (Å²) in [6, 6.07) is 11.5. The molecule has 0 aromatic heterocycles. The first-order chi connectivity index (χ1) is 12.5. The number of carboxylic acids is 1. The molecule has 0 aliphatic heterocycles. The second-order valence-corrected chi connectivity index (χ2v) is 5.52. The molecule has 138 valence electrons. The van der Waals surface area contributed by atoms with E-state index in [9.17, 15) is 9.59 Å². The lowest BCUT2D eigenvalue weighted by Gasteiger charge is -2.17. The molecule has 0 radical (unpaired) electrons. The average molecular weight is 359 g/mol. The molecule has 0 spiro atoms. The summed E-state index contributed by atoms with van der Waals surface area (Å²) in [5.41, 5.74) is 1.17. The monoisotopic (exact) mass is 359 g/mol. The third kappa shape index (κ3) is 4.66. The van der Waals surface area contributed by atoms with Gasteiger partial charge in [0.25, 0.3) is 5.91 Å². The van der Waals surface area contributed by atoms with Crippen molar-refractivity contribution in [2.24, 2.45) is 0 Å². The standard InChI is InChI=1S/C19H21NO6/c1-12(19(22)23)20-18(21)14-9-15(24-2)17(16(10-14)25-3)26-11-13-7-5-4-6-8-13/h4-10,12H,11H2,1-3H3,(H,20,21)(H,22,23)/t12-/m0/s1. The number of rotatable bonds is 8. The van der Waals surface area contributed by atoms with Gasteiger partial charge < -0.3 is 24.6 Å². The fourth-order valence-corrected chi connectivity index (χ4v) is 2.22. The van der Waals surface area contributed by atoms with E-state index in [4.69, 9.17) is 19.3 Å². The molecule has 0 saturated carbocycles. The molecule has 0 aliphatic carbocycles. The summed E-state index contributed by atoms with van der Waals surface area (Å²) in [5.74, 6) is -0.685. The summed E-state index contributed by atoms with van der Waals surface area (Å²) in [6.45, 7) is 1.68. The molecule has 2 aromatic rings. The lowest BCUT2D eigenvalue weighted by Crippen LogP contribution is -2.38. The molecule has 26 heavy (non-hydrogen) atoms. The molecule has 2 rings (SSSR count). The summed E-state index contributed by atoms with van der Waals surface area (Å²) < 4.78 is 16.5. The van der Waals surface area contributed by atoms with Crippen molar-refractivity contribution < 1.29 is 28.9 Å². The fraction of sp³-hybridized carbons (Fsp3) is 0.263. The van der Waals surface area contributed by atoms with Gasteiger partial charge in [0.05, 0.1) is 14.2 Å². The Bertz CT molecular complexity index is 750. The maximum atomic E-state index is 12.3. The van der Waals surface area contributed by atoms with E-state index in [1.165, 1.54) is 33.3 Å². The van der Waals surface area contributed by atoms with Gasteiger partial charge in [-0.15, -0.1) is 0 Å². The first kappa shape index (κ1) is 19.1. The smallest absolute Gasteiger partial charge is 0.325 e. The molecule has 0 aliphatic rings. The van der Waals surface area contributed by atoms with Gasteiger partial charge in [0.1, 0.15) is 12.6 Å². The Morgan fingerprint density at radius 2 is 1.65 bits per heavy atom. The van der Waals surface area contributed by atoms with Gasteiger partial charge >= 0.3 is 5.97 Å². The largest absolute Gasteiger partial charge is 0.493 e. The van der Waals surface area contributed by atoms with Crippen LogP contribution in [0.5, 0.6) is 17.2 Å². The molecule has 0 heterocycles. The van der Waals surface area contributed by atoms with Crippen LogP contribution >= 0.6 is 0 Å². The molecule has 0 bridgehead atoms. The van der Waals surface area contributed by atoms with Crippen LogP contribution in [0.3, 0.4) is 0 Å². The number of hydrogen-bond acceptors (Lipinski definition) is 5. The van der Waals surface area contributed by atoms with Crippen LogP contribution in [0.1, 0.15) is 22.8 Å². The molecular weight excluding hydrogens is 338 g/mol. The third-order valence-corrected chi connectivity index (χ3v) is 3.67. The number of carbonyl (C=O) groups is 2. The van der Waals surface area contributed by atoms with Crippen molar-refractivity contribution in [1.29, 1.82) is 0 Å². The van der Waals surface area contributed by atoms with Crippen LogP contribution in [0.4, 0.5) is 0 Å². The van der Waals surface area contributed by atoms with Crippen molar-refractivity contribution >= 4 is 11.9 Å². The van der Waals surface area contributed by atoms with Crippen molar-refractivity contribution in [1.82, 2.24) is 5.32 Å². The molecule has 0 fully saturated rings. The molecule has 2 aromatic carbocycles. The van der Waals surface area contributed by atoms with Gasteiger partial charge in [-0.3, -0.25) is 9.59 Å². The van der Waals surface area contributed by atoms with Crippen molar-refractivity contribution in [2.45, 2.75) is 19.6 Å². The minimum Gasteiger partial charge on any atom is -0.493 e. The highest BCUT2D eigenvalue weighted by atomic mass is 16.5. The van der Waals surface area contributed by atoms with Gasteiger partial charge in [0.15, 0.2) is 11.5 Å². The van der Waals surface area contributed by atoms with E-state index < -0.39 is 17.9 Å². The Hall–Kier alpha value is -3.22. The van der Waals surface area contributed by atoms with Crippen molar-refractivity contribution in [2.75, 3.05) is 14.2 Å². The van der Waals surface area contributed by atoms with Crippen molar-refractivity contribution in [3.8, 4) is 17.2 Å². The first-order valence-corrected chi connectivity index (χ1v) is 7.92. The molecule has 7 heteroatoms. The van der Waals surface area contributed by atoms with E-state index in [2.05, 4.69) is 5.32 Å². The molecule has 7 nitrogen and oxygen atoms in total. The van der Waals surface area contributed by atoms with Gasteiger partial charge in [-0.1, -0.05) is 30.3 Å². The molecule has 0 unspecified atom stereocenters. The Labute approximate surface area is 151 Å². The van der Waals surface area contributed by atoms with E-state index in [1.807, 2.05) is 30.3 Å². The maximum absolute atomic E-state index is 12.3. The summed E-state index contributed by atoms with van der Waals surface area (Å²) in [4.78, 5) is 23.2. The lowest BCUT2D eigenvalue weighted by molar-refractivity contribution is -0.138. The Morgan fingerprint density at radius 1 is 1.08 bits per heavy atom. The van der Waals surface area contributed by atoms with E-state index in [-0.39, 0.29) is 5.56 Å². The minimum atomic E-state index is -1.12. The minimum absolute atomic E-state index is 0.207. The zero-order chi connectivity index (χ0) is 19.1. The summed E-state index contributed by atoms with van der Waals surface area (Å²) >= 11 is 0. The second kappa shape index (κ2) is 8.75. The molecule has 2 N–H and O–H groups in total. The first-order valence-electron chi connectivity index (χ1n) is 7.92. The molecule has 1 atom stereocenters. The van der Waals surface area contributed by atoms with Crippen LogP contribution in [-0.4, -0.2) is 37.2 Å². The Kier molecular flexibility index (Phi) is 6.43. The molecule has 0 saturated heterocycles. The van der Waals surface area contributed by atoms with Crippen LogP contribution in [0, 0.1) is 0 Å². The number of carboxylic acid groups (broad SMARTS) is 1. The van der Waals surface area contributed by atoms with Crippen LogP contribution in [0.2, 0.25) is 0 Å². The van der Waals surface area contributed by atoms with Crippen LogP contribution < -0.4 is 19.5 Å². The summed E-state index contributed by atoms with van der Waals surface area (Å²) in [6.07, 6.45) is 0. The zero-order valence-corrected chi connectivity index (χ0v) is 14.8. The van der Waals surface area contributed by atoms with Gasteiger partial charge in [-0.25, -0.2) is 0 Å². The summed E-state index contributed by atoms with van der Waals surface area (Å²) in [5, 5.41) is 11.3. The van der Waals surface area contributed by atoms with E-state index in [1.54, 1.807) is 0 Å². The number of carbonyl (C=O) groups excluding carboxylic acids is 1.